The lowest BCUT2D eigenvalue weighted by Crippen LogP contribution is -2.04. The fourth-order valence-electron chi connectivity index (χ4n) is 4.70. The lowest BCUT2D eigenvalue weighted by Gasteiger charge is -2.11. The van der Waals surface area contributed by atoms with Crippen molar-refractivity contribution in [3.05, 3.63) is 108 Å². The normalized spacial score (nSPS) is 11.6. The van der Waals surface area contributed by atoms with Crippen LogP contribution in [-0.4, -0.2) is 22.6 Å². The van der Waals surface area contributed by atoms with E-state index in [4.69, 9.17) is 0 Å². The summed E-state index contributed by atoms with van der Waals surface area (Å²) in [5.41, 5.74) is 4.45. The Kier molecular flexibility index (Phi) is 5.54. The number of phenols is 1. The predicted molar refractivity (Wildman–Crippen MR) is 149 cm³/mol. The van der Waals surface area contributed by atoms with E-state index in [0.717, 1.165) is 38.4 Å². The second kappa shape index (κ2) is 9.17. The number of Topliss-reactive ketones (excluding diaryl/α,β-unsaturated/α-hetero) is 1. The van der Waals surface area contributed by atoms with Gasteiger partial charge in [-0.05, 0) is 54.1 Å². The first-order valence-corrected chi connectivity index (χ1v) is 11.9. The van der Waals surface area contributed by atoms with Crippen LogP contribution in [0.4, 0.5) is 17.1 Å². The van der Waals surface area contributed by atoms with Crippen LogP contribution in [0.3, 0.4) is 0 Å². The zero-order valence-electron chi connectivity index (χ0n) is 19.8. The summed E-state index contributed by atoms with van der Waals surface area (Å²) < 4.78 is 0. The van der Waals surface area contributed by atoms with Crippen molar-refractivity contribution in [1.82, 2.24) is 4.98 Å². The Morgan fingerprint density at radius 1 is 0.811 bits per heavy atom. The molecule has 0 aliphatic heterocycles. The largest absolute Gasteiger partial charge is 0.505 e. The van der Waals surface area contributed by atoms with Crippen molar-refractivity contribution < 1.29 is 9.90 Å². The van der Waals surface area contributed by atoms with Crippen LogP contribution < -0.4 is 0 Å². The standard InChI is InChI=1S/C31H22N4O2/c1-32-21-12-14-22(15-13-21)34-35-30-28-20(11-16-24-23-9-5-6-10-26(23)33-29(24)28)18-25(31(30)37)27(36)17-19-7-3-2-4-8-19/h2-16,18,33,37H,1,17H2. The van der Waals surface area contributed by atoms with E-state index in [-0.39, 0.29) is 29.2 Å². The molecule has 6 rings (SSSR count). The van der Waals surface area contributed by atoms with Crippen molar-refractivity contribution in [3.63, 3.8) is 0 Å². The molecule has 0 aliphatic carbocycles. The summed E-state index contributed by atoms with van der Waals surface area (Å²) in [5.74, 6) is -0.382. The highest BCUT2D eigenvalue weighted by Crippen LogP contribution is 2.44. The Morgan fingerprint density at radius 3 is 2.32 bits per heavy atom. The molecule has 1 aromatic heterocycles. The van der Waals surface area contributed by atoms with Crippen LogP contribution in [0.1, 0.15) is 15.9 Å². The molecule has 0 saturated heterocycles. The van der Waals surface area contributed by atoms with Crippen molar-refractivity contribution in [2.45, 2.75) is 6.42 Å². The Balaban J connectivity index is 1.57. The number of nitrogens with zero attached hydrogens (tertiary/aromatic N) is 3. The molecule has 0 spiro atoms. The fraction of sp³-hybridized carbons (Fsp3) is 0.0323. The van der Waals surface area contributed by atoms with Crippen LogP contribution in [0.2, 0.25) is 0 Å². The molecule has 0 bridgehead atoms. The highest BCUT2D eigenvalue weighted by atomic mass is 16.3. The first kappa shape index (κ1) is 22.4. The lowest BCUT2D eigenvalue weighted by atomic mass is 9.96. The minimum atomic E-state index is -0.194. The number of fused-ring (bicyclic) bond motifs is 5. The number of ketones is 1. The van der Waals surface area contributed by atoms with Crippen LogP contribution in [0.25, 0.3) is 32.6 Å². The van der Waals surface area contributed by atoms with Gasteiger partial charge in [-0.15, -0.1) is 5.11 Å². The van der Waals surface area contributed by atoms with Gasteiger partial charge >= 0.3 is 0 Å². The number of aromatic hydroxyl groups is 1. The molecule has 6 heteroatoms. The number of rotatable bonds is 6. The molecular weight excluding hydrogens is 460 g/mol. The molecule has 37 heavy (non-hydrogen) atoms. The number of hydrogen-bond donors (Lipinski definition) is 2. The van der Waals surface area contributed by atoms with Gasteiger partial charge in [-0.1, -0.05) is 60.7 Å². The zero-order valence-corrected chi connectivity index (χ0v) is 19.8. The minimum absolute atomic E-state index is 0.168. The Labute approximate surface area is 212 Å². The van der Waals surface area contributed by atoms with Gasteiger partial charge in [0.2, 0.25) is 0 Å². The molecule has 0 aliphatic rings. The van der Waals surface area contributed by atoms with E-state index in [2.05, 4.69) is 26.9 Å². The highest BCUT2D eigenvalue weighted by molar-refractivity contribution is 6.22. The summed E-state index contributed by atoms with van der Waals surface area (Å²) in [6, 6.07) is 30.3. The molecule has 0 saturated carbocycles. The topological polar surface area (TPSA) is 90.2 Å². The van der Waals surface area contributed by atoms with E-state index in [1.807, 2.05) is 66.7 Å². The van der Waals surface area contributed by atoms with Gasteiger partial charge in [-0.25, -0.2) is 0 Å². The summed E-state index contributed by atoms with van der Waals surface area (Å²) in [7, 11) is 0. The van der Waals surface area contributed by atoms with Gasteiger partial charge in [-0.3, -0.25) is 9.79 Å². The number of carbonyl (C=O) groups is 1. The van der Waals surface area contributed by atoms with E-state index in [1.165, 1.54) is 0 Å². The fourth-order valence-corrected chi connectivity index (χ4v) is 4.70. The average Bonchev–Trinajstić information content (AvgIpc) is 3.32. The molecule has 0 unspecified atom stereocenters. The lowest BCUT2D eigenvalue weighted by molar-refractivity contribution is 0.0990. The summed E-state index contributed by atoms with van der Waals surface area (Å²) >= 11 is 0. The van der Waals surface area contributed by atoms with E-state index in [1.54, 1.807) is 30.3 Å². The number of hydrogen-bond acceptors (Lipinski definition) is 5. The number of aromatic nitrogens is 1. The van der Waals surface area contributed by atoms with Gasteiger partial charge in [0.15, 0.2) is 11.5 Å². The number of phenolic OH excluding ortho intramolecular Hbond substituents is 1. The maximum atomic E-state index is 13.3. The van der Waals surface area contributed by atoms with E-state index < -0.39 is 0 Å². The second-order valence-corrected chi connectivity index (χ2v) is 8.84. The van der Waals surface area contributed by atoms with Gasteiger partial charge < -0.3 is 10.1 Å². The maximum Gasteiger partial charge on any atom is 0.171 e. The van der Waals surface area contributed by atoms with E-state index >= 15 is 0 Å². The summed E-state index contributed by atoms with van der Waals surface area (Å²) in [6.07, 6.45) is 0.168. The molecule has 5 aromatic carbocycles. The number of aliphatic imine (C=N–C) groups is 1. The third-order valence-corrected chi connectivity index (χ3v) is 6.54. The summed E-state index contributed by atoms with van der Waals surface area (Å²) in [6.45, 7) is 3.53. The van der Waals surface area contributed by atoms with E-state index in [0.29, 0.717) is 11.1 Å². The number of H-pyrrole nitrogens is 1. The molecule has 0 fully saturated rings. The Hall–Kier alpha value is -5.10. The van der Waals surface area contributed by atoms with Crippen molar-refractivity contribution in [1.29, 1.82) is 0 Å². The highest BCUT2D eigenvalue weighted by Gasteiger charge is 2.21. The number of benzene rings is 5. The number of aromatic amines is 1. The van der Waals surface area contributed by atoms with Crippen LogP contribution in [-0.2, 0) is 6.42 Å². The number of carbonyl (C=O) groups excluding carboxylic acids is 1. The number of nitrogens with one attached hydrogen (secondary N) is 1. The SMILES string of the molecule is C=Nc1ccc(N=Nc2c(O)c(C(=O)Cc3ccccc3)cc3ccc4c5ccccc5[nH]c4c23)cc1. The van der Waals surface area contributed by atoms with Crippen molar-refractivity contribution in [3.8, 4) is 5.75 Å². The Morgan fingerprint density at radius 2 is 1.54 bits per heavy atom. The molecular formula is C31H22N4O2. The van der Waals surface area contributed by atoms with Crippen LogP contribution in [0.15, 0.2) is 112 Å². The molecule has 6 nitrogen and oxygen atoms in total. The minimum Gasteiger partial charge on any atom is -0.505 e. The molecule has 0 amide bonds. The number of azo groups is 1. The predicted octanol–water partition coefficient (Wildman–Crippen LogP) is 8.35. The first-order valence-electron chi connectivity index (χ1n) is 11.9. The van der Waals surface area contributed by atoms with Gasteiger partial charge in [-0.2, -0.15) is 5.11 Å². The molecule has 6 aromatic rings. The Bertz CT molecular complexity index is 1840. The molecule has 1 heterocycles. The third kappa shape index (κ3) is 4.04. The van der Waals surface area contributed by atoms with Gasteiger partial charge in [0.05, 0.1) is 22.5 Å². The number of para-hydroxylation sites is 1. The smallest absolute Gasteiger partial charge is 0.171 e. The summed E-state index contributed by atoms with van der Waals surface area (Å²) in [5, 5.41) is 23.9. The third-order valence-electron chi connectivity index (χ3n) is 6.54. The molecule has 178 valence electrons. The van der Waals surface area contributed by atoms with Gasteiger partial charge in [0.25, 0.3) is 0 Å². The van der Waals surface area contributed by atoms with Crippen molar-refractivity contribution in [2.24, 2.45) is 15.2 Å². The molecule has 2 N–H and O–H groups in total. The monoisotopic (exact) mass is 482 g/mol. The first-order chi connectivity index (χ1) is 18.1. The van der Waals surface area contributed by atoms with Crippen molar-refractivity contribution >= 4 is 62.1 Å². The molecule has 0 atom stereocenters. The molecule has 0 radical (unpaired) electrons. The average molecular weight is 483 g/mol. The van der Waals surface area contributed by atoms with Gasteiger partial charge in [0, 0.05) is 28.1 Å². The van der Waals surface area contributed by atoms with Crippen LogP contribution in [0, 0.1) is 0 Å². The van der Waals surface area contributed by atoms with E-state index in [9.17, 15) is 9.90 Å². The summed E-state index contributed by atoms with van der Waals surface area (Å²) in [4.78, 5) is 20.7. The quantitative estimate of drug-likeness (QED) is 0.142. The van der Waals surface area contributed by atoms with Crippen LogP contribution in [0.5, 0.6) is 5.75 Å². The van der Waals surface area contributed by atoms with Crippen LogP contribution >= 0.6 is 0 Å². The van der Waals surface area contributed by atoms with Crippen molar-refractivity contribution in [2.75, 3.05) is 0 Å². The second-order valence-electron chi connectivity index (χ2n) is 8.84. The van der Waals surface area contributed by atoms with Gasteiger partial charge in [0.1, 0.15) is 5.69 Å². The maximum absolute atomic E-state index is 13.3. The zero-order chi connectivity index (χ0) is 25.4.